The van der Waals surface area contributed by atoms with Crippen LogP contribution in [0.4, 0.5) is 0 Å². The lowest BCUT2D eigenvalue weighted by Crippen LogP contribution is -1.87. The Bertz CT molecular complexity index is 465. The van der Waals surface area contributed by atoms with E-state index in [2.05, 4.69) is 40.0 Å². The molecule has 0 N–H and O–H groups in total. The molecule has 0 aliphatic carbocycles. The Morgan fingerprint density at radius 3 is 2.93 bits per heavy atom. The molecule has 1 aromatic heterocycles. The van der Waals surface area contributed by atoms with E-state index < -0.39 is 0 Å². The first-order valence-electron chi connectivity index (χ1n) is 5.34. The minimum absolute atomic E-state index is 1.07. The van der Waals surface area contributed by atoms with E-state index in [1.807, 2.05) is 18.3 Å². The molecule has 0 spiro atoms. The number of pyridine rings is 1. The number of rotatable bonds is 3. The van der Waals surface area contributed by atoms with Gasteiger partial charge < -0.3 is 0 Å². The Hall–Kier alpha value is -0.890. The molecule has 0 bridgehead atoms. The van der Waals surface area contributed by atoms with Gasteiger partial charge in [-0.2, -0.15) is 0 Å². The summed E-state index contributed by atoms with van der Waals surface area (Å²) in [5.74, 6) is 0. The summed E-state index contributed by atoms with van der Waals surface area (Å²) in [6, 6.07) is 8.44. The van der Waals surface area contributed by atoms with Crippen LogP contribution in [0, 0.1) is 0 Å². The van der Waals surface area contributed by atoms with Crippen molar-refractivity contribution < 1.29 is 0 Å². The highest BCUT2D eigenvalue weighted by Gasteiger charge is 1.98. The predicted octanol–water partition coefficient (Wildman–Crippen LogP) is 4.34. The average Bonchev–Trinajstić information content (AvgIpc) is 2.25. The second kappa shape index (κ2) is 4.75. The summed E-state index contributed by atoms with van der Waals surface area (Å²) in [5.41, 5.74) is 2.40. The summed E-state index contributed by atoms with van der Waals surface area (Å²) < 4.78 is 1.12. The lowest BCUT2D eigenvalue weighted by atomic mass is 10.1. The van der Waals surface area contributed by atoms with Crippen molar-refractivity contribution in [3.8, 4) is 0 Å². The molecule has 2 heteroatoms. The third-order valence-electron chi connectivity index (χ3n) is 2.52. The van der Waals surface area contributed by atoms with Gasteiger partial charge in [-0.1, -0.05) is 29.3 Å². The first-order chi connectivity index (χ1) is 7.29. The largest absolute Gasteiger partial charge is 0.256 e. The second-order valence-corrected chi connectivity index (χ2v) is 4.70. The molecule has 15 heavy (non-hydrogen) atoms. The highest BCUT2D eigenvalue weighted by molar-refractivity contribution is 9.10. The van der Waals surface area contributed by atoms with Gasteiger partial charge >= 0.3 is 0 Å². The van der Waals surface area contributed by atoms with Gasteiger partial charge in [-0.3, -0.25) is 4.98 Å². The van der Waals surface area contributed by atoms with Crippen molar-refractivity contribution in [2.75, 3.05) is 0 Å². The number of hydrogen-bond donors (Lipinski definition) is 0. The highest BCUT2D eigenvalue weighted by atomic mass is 79.9. The summed E-state index contributed by atoms with van der Waals surface area (Å²) in [5, 5.41) is 1.22. The Labute approximate surface area is 98.7 Å². The van der Waals surface area contributed by atoms with Crippen LogP contribution < -0.4 is 0 Å². The van der Waals surface area contributed by atoms with Gasteiger partial charge in [-0.25, -0.2) is 0 Å². The van der Waals surface area contributed by atoms with Crippen molar-refractivity contribution in [2.45, 2.75) is 26.2 Å². The molecule has 0 unspecified atom stereocenters. The van der Waals surface area contributed by atoms with E-state index in [1.54, 1.807) is 0 Å². The van der Waals surface area contributed by atoms with Gasteiger partial charge in [0.05, 0.1) is 5.52 Å². The van der Waals surface area contributed by atoms with E-state index >= 15 is 0 Å². The van der Waals surface area contributed by atoms with Crippen LogP contribution in [0.15, 0.2) is 34.9 Å². The number of nitrogens with zero attached hydrogens (tertiary/aromatic N) is 1. The summed E-state index contributed by atoms with van der Waals surface area (Å²) in [4.78, 5) is 4.45. The molecule has 1 aromatic carbocycles. The third-order valence-corrected chi connectivity index (χ3v) is 3.01. The number of aryl methyl sites for hydroxylation is 1. The zero-order valence-corrected chi connectivity index (χ0v) is 10.4. The molecule has 0 saturated heterocycles. The number of fused-ring (bicyclic) bond motifs is 1. The summed E-state index contributed by atoms with van der Waals surface area (Å²) in [7, 11) is 0. The molecular weight excluding hydrogens is 250 g/mol. The maximum absolute atomic E-state index is 4.45. The molecule has 0 radical (unpaired) electrons. The predicted molar refractivity (Wildman–Crippen MR) is 68.1 cm³/mol. The van der Waals surface area contributed by atoms with Crippen molar-refractivity contribution in [1.82, 2.24) is 4.98 Å². The van der Waals surface area contributed by atoms with Gasteiger partial charge in [-0.15, -0.1) is 0 Å². The van der Waals surface area contributed by atoms with Crippen LogP contribution >= 0.6 is 15.9 Å². The van der Waals surface area contributed by atoms with Crippen LogP contribution in [0.5, 0.6) is 0 Å². The highest BCUT2D eigenvalue weighted by Crippen LogP contribution is 2.19. The van der Waals surface area contributed by atoms with Gasteiger partial charge in [-0.05, 0) is 42.7 Å². The van der Waals surface area contributed by atoms with Crippen molar-refractivity contribution in [2.24, 2.45) is 0 Å². The maximum Gasteiger partial charge on any atom is 0.0702 e. The first kappa shape index (κ1) is 10.6. The molecule has 0 fully saturated rings. The molecule has 2 rings (SSSR count). The molecule has 78 valence electrons. The van der Waals surface area contributed by atoms with Crippen molar-refractivity contribution in [3.05, 3.63) is 40.5 Å². The molecule has 0 amide bonds. The van der Waals surface area contributed by atoms with E-state index in [0.29, 0.717) is 0 Å². The monoisotopic (exact) mass is 263 g/mol. The Balaban J connectivity index is 2.36. The number of hydrogen-bond acceptors (Lipinski definition) is 1. The Kier molecular flexibility index (Phi) is 3.37. The maximum atomic E-state index is 4.45. The van der Waals surface area contributed by atoms with E-state index in [0.717, 1.165) is 16.4 Å². The van der Waals surface area contributed by atoms with Gasteiger partial charge in [0.25, 0.3) is 0 Å². The first-order valence-corrected chi connectivity index (χ1v) is 6.13. The zero-order valence-electron chi connectivity index (χ0n) is 8.83. The molecule has 1 nitrogen and oxygen atoms in total. The van der Waals surface area contributed by atoms with Crippen LogP contribution in [-0.2, 0) is 6.42 Å². The average molecular weight is 264 g/mol. The Morgan fingerprint density at radius 2 is 2.13 bits per heavy atom. The van der Waals surface area contributed by atoms with Crippen LogP contribution in [0.25, 0.3) is 10.9 Å². The summed E-state index contributed by atoms with van der Waals surface area (Å²) in [6.07, 6.45) is 5.59. The van der Waals surface area contributed by atoms with Crippen LogP contribution in [0.3, 0.4) is 0 Å². The number of halogens is 1. The van der Waals surface area contributed by atoms with E-state index in [4.69, 9.17) is 0 Å². The van der Waals surface area contributed by atoms with Crippen molar-refractivity contribution in [1.29, 1.82) is 0 Å². The van der Waals surface area contributed by atoms with Crippen LogP contribution in [0.2, 0.25) is 0 Å². The molecule has 0 saturated carbocycles. The van der Waals surface area contributed by atoms with Gasteiger partial charge in [0.1, 0.15) is 0 Å². The normalized spacial score (nSPS) is 10.8. The van der Waals surface area contributed by atoms with Crippen LogP contribution in [0.1, 0.15) is 25.3 Å². The molecule has 0 atom stereocenters. The van der Waals surface area contributed by atoms with Gasteiger partial charge in [0.2, 0.25) is 0 Å². The Morgan fingerprint density at radius 1 is 1.27 bits per heavy atom. The molecular formula is C13H14BrN. The van der Waals surface area contributed by atoms with Crippen molar-refractivity contribution >= 4 is 26.8 Å². The lowest BCUT2D eigenvalue weighted by Gasteiger charge is -2.02. The second-order valence-electron chi connectivity index (χ2n) is 3.78. The lowest BCUT2D eigenvalue weighted by molar-refractivity contribution is 0.793. The summed E-state index contributed by atoms with van der Waals surface area (Å²) >= 11 is 3.48. The van der Waals surface area contributed by atoms with Crippen molar-refractivity contribution in [3.63, 3.8) is 0 Å². The fourth-order valence-corrected chi connectivity index (χ4v) is 2.04. The van der Waals surface area contributed by atoms with E-state index in [9.17, 15) is 0 Å². The number of aromatic nitrogens is 1. The third kappa shape index (κ3) is 2.57. The minimum atomic E-state index is 1.07. The molecule has 2 aromatic rings. The van der Waals surface area contributed by atoms with Gasteiger partial charge in [0.15, 0.2) is 0 Å². The SMILES string of the molecule is CCCCc1cnc2ccc(Br)cc2c1. The fourth-order valence-electron chi connectivity index (χ4n) is 1.67. The summed E-state index contributed by atoms with van der Waals surface area (Å²) in [6.45, 7) is 2.21. The fraction of sp³-hybridized carbons (Fsp3) is 0.308. The molecule has 0 aliphatic heterocycles. The molecule has 0 aliphatic rings. The van der Waals surface area contributed by atoms with Crippen LogP contribution in [-0.4, -0.2) is 4.98 Å². The van der Waals surface area contributed by atoms with Gasteiger partial charge in [0, 0.05) is 16.1 Å². The van der Waals surface area contributed by atoms with E-state index in [1.165, 1.54) is 23.8 Å². The standard InChI is InChI=1S/C13H14BrN/c1-2-3-4-10-7-11-8-12(14)5-6-13(11)15-9-10/h5-9H,2-4H2,1H3. The minimum Gasteiger partial charge on any atom is -0.256 e. The number of benzene rings is 1. The topological polar surface area (TPSA) is 12.9 Å². The quantitative estimate of drug-likeness (QED) is 0.803. The number of unbranched alkanes of at least 4 members (excludes halogenated alkanes) is 1. The smallest absolute Gasteiger partial charge is 0.0702 e. The molecule has 1 heterocycles. The zero-order chi connectivity index (χ0) is 10.7. The van der Waals surface area contributed by atoms with E-state index in [-0.39, 0.29) is 0 Å².